The summed E-state index contributed by atoms with van der Waals surface area (Å²) in [5.74, 6) is 0.831. The van der Waals surface area contributed by atoms with Crippen LogP contribution in [0.4, 0.5) is 4.79 Å². The van der Waals surface area contributed by atoms with E-state index in [4.69, 9.17) is 9.47 Å². The van der Waals surface area contributed by atoms with Gasteiger partial charge in [0.2, 0.25) is 0 Å². The molecule has 0 aliphatic carbocycles. The Kier molecular flexibility index (Phi) is 7.88. The molecule has 0 atom stereocenters. The molecule has 0 aromatic rings. The Morgan fingerprint density at radius 3 is 2.88 bits per heavy atom. The van der Waals surface area contributed by atoms with Gasteiger partial charge in [-0.25, -0.2) is 4.79 Å². The molecule has 7 nitrogen and oxygen atoms in total. The summed E-state index contributed by atoms with van der Waals surface area (Å²) in [6.07, 6.45) is 5.82. The van der Waals surface area contributed by atoms with Crippen molar-refractivity contribution in [2.24, 2.45) is 4.99 Å². The third kappa shape index (κ3) is 6.03. The third-order valence-corrected chi connectivity index (χ3v) is 4.38. The number of nitrogens with one attached hydrogen (secondary N) is 2. The monoisotopic (exact) mass is 338 g/mol. The summed E-state index contributed by atoms with van der Waals surface area (Å²) < 4.78 is 10.4. The smallest absolute Gasteiger partial charge is 0.409 e. The Balaban J connectivity index is 1.66. The molecule has 2 N–H and O–H groups in total. The van der Waals surface area contributed by atoms with Crippen LogP contribution in [0.1, 0.15) is 32.6 Å². The summed E-state index contributed by atoms with van der Waals surface area (Å²) in [6, 6.07) is 0.337. The molecular weight excluding hydrogens is 308 g/mol. The van der Waals surface area contributed by atoms with Crippen LogP contribution in [-0.4, -0.2) is 69.5 Å². The molecule has 2 heterocycles. The standard InChI is InChI=1S/C17H30N4O3/c1-3-24-17(22)21-10-5-15(6-11-21)20-16(18-2)19-9-4-14-7-12-23-13-8-14/h7,15H,3-6,8-13H2,1-2H3,(H2,18,19,20). The van der Waals surface area contributed by atoms with Crippen LogP contribution in [0.25, 0.3) is 0 Å². The van der Waals surface area contributed by atoms with Crippen molar-refractivity contribution in [2.45, 2.75) is 38.6 Å². The second-order valence-corrected chi connectivity index (χ2v) is 6.04. The number of piperidine rings is 1. The van der Waals surface area contributed by atoms with Gasteiger partial charge in [-0.3, -0.25) is 4.99 Å². The van der Waals surface area contributed by atoms with Gasteiger partial charge in [0, 0.05) is 32.7 Å². The Bertz CT molecular complexity index is 457. The maximum atomic E-state index is 11.7. The third-order valence-electron chi connectivity index (χ3n) is 4.38. The summed E-state index contributed by atoms with van der Waals surface area (Å²) in [4.78, 5) is 17.8. The normalized spacial score (nSPS) is 19.7. The first-order valence-corrected chi connectivity index (χ1v) is 8.87. The van der Waals surface area contributed by atoms with E-state index >= 15 is 0 Å². The van der Waals surface area contributed by atoms with Crippen LogP contribution >= 0.6 is 0 Å². The van der Waals surface area contributed by atoms with Gasteiger partial charge < -0.3 is 25.0 Å². The summed E-state index contributed by atoms with van der Waals surface area (Å²) in [7, 11) is 1.79. The number of carbonyl (C=O) groups excluding carboxylic acids is 1. The highest BCUT2D eigenvalue weighted by Crippen LogP contribution is 2.12. The molecule has 0 spiro atoms. The molecule has 7 heteroatoms. The average molecular weight is 338 g/mol. The van der Waals surface area contributed by atoms with E-state index in [0.29, 0.717) is 12.6 Å². The van der Waals surface area contributed by atoms with Crippen LogP contribution in [0.2, 0.25) is 0 Å². The van der Waals surface area contributed by atoms with E-state index in [2.05, 4.69) is 21.7 Å². The highest BCUT2D eigenvalue weighted by Gasteiger charge is 2.23. The zero-order valence-corrected chi connectivity index (χ0v) is 14.8. The van der Waals surface area contributed by atoms with E-state index in [1.165, 1.54) is 5.57 Å². The maximum absolute atomic E-state index is 11.7. The van der Waals surface area contributed by atoms with Gasteiger partial charge in [-0.15, -0.1) is 0 Å². The lowest BCUT2D eigenvalue weighted by molar-refractivity contribution is 0.0963. The number of hydrogen-bond acceptors (Lipinski definition) is 4. The second-order valence-electron chi connectivity index (χ2n) is 6.04. The minimum Gasteiger partial charge on any atom is -0.450 e. The highest BCUT2D eigenvalue weighted by molar-refractivity contribution is 5.80. The molecule has 1 saturated heterocycles. The molecule has 2 aliphatic rings. The maximum Gasteiger partial charge on any atom is 0.409 e. The van der Waals surface area contributed by atoms with E-state index in [0.717, 1.165) is 64.5 Å². The first-order valence-electron chi connectivity index (χ1n) is 8.87. The van der Waals surface area contributed by atoms with Crippen LogP contribution in [0.15, 0.2) is 16.6 Å². The van der Waals surface area contributed by atoms with Crippen molar-refractivity contribution >= 4 is 12.1 Å². The fourth-order valence-electron chi connectivity index (χ4n) is 2.94. The quantitative estimate of drug-likeness (QED) is 0.451. The molecule has 2 rings (SSSR count). The van der Waals surface area contributed by atoms with Gasteiger partial charge in [0.25, 0.3) is 0 Å². The van der Waals surface area contributed by atoms with Gasteiger partial charge in [0.15, 0.2) is 5.96 Å². The zero-order chi connectivity index (χ0) is 17.2. The molecule has 0 aromatic carbocycles. The Labute approximate surface area is 144 Å². The predicted octanol–water partition coefficient (Wildman–Crippen LogP) is 1.51. The number of guanidine groups is 1. The number of amides is 1. The number of likely N-dealkylation sites (tertiary alicyclic amines) is 1. The molecule has 24 heavy (non-hydrogen) atoms. The Morgan fingerprint density at radius 1 is 1.46 bits per heavy atom. The van der Waals surface area contributed by atoms with E-state index in [1.807, 2.05) is 6.92 Å². The molecule has 1 amide bonds. The van der Waals surface area contributed by atoms with Crippen LogP contribution in [-0.2, 0) is 9.47 Å². The summed E-state index contributed by atoms with van der Waals surface area (Å²) in [6.45, 7) is 6.14. The number of nitrogens with zero attached hydrogens (tertiary/aromatic N) is 2. The topological polar surface area (TPSA) is 75.2 Å². The number of rotatable bonds is 5. The predicted molar refractivity (Wildman–Crippen MR) is 94.3 cm³/mol. The molecule has 0 radical (unpaired) electrons. The van der Waals surface area contributed by atoms with Gasteiger partial charge in [-0.2, -0.15) is 0 Å². The van der Waals surface area contributed by atoms with Gasteiger partial charge in [-0.1, -0.05) is 11.6 Å². The Morgan fingerprint density at radius 2 is 2.25 bits per heavy atom. The van der Waals surface area contributed by atoms with Crippen molar-refractivity contribution in [1.29, 1.82) is 0 Å². The molecule has 2 aliphatic heterocycles. The van der Waals surface area contributed by atoms with Crippen LogP contribution in [0.5, 0.6) is 0 Å². The van der Waals surface area contributed by atoms with Crippen molar-refractivity contribution in [2.75, 3.05) is 46.5 Å². The van der Waals surface area contributed by atoms with Crippen molar-refractivity contribution in [1.82, 2.24) is 15.5 Å². The van der Waals surface area contributed by atoms with E-state index in [9.17, 15) is 4.79 Å². The SMILES string of the molecule is CCOC(=O)N1CCC(NC(=NC)NCCC2=CCOCC2)CC1. The van der Waals surface area contributed by atoms with Gasteiger partial charge in [0.1, 0.15) is 0 Å². The number of hydrogen-bond donors (Lipinski definition) is 2. The number of ether oxygens (including phenoxy) is 2. The zero-order valence-electron chi connectivity index (χ0n) is 14.8. The molecule has 0 bridgehead atoms. The van der Waals surface area contributed by atoms with Crippen LogP contribution in [0.3, 0.4) is 0 Å². The lowest BCUT2D eigenvalue weighted by Crippen LogP contribution is -2.50. The summed E-state index contributed by atoms with van der Waals surface area (Å²) in [5.41, 5.74) is 1.45. The van der Waals surface area contributed by atoms with Gasteiger partial charge in [0.05, 0.1) is 19.8 Å². The minimum atomic E-state index is -0.205. The first kappa shape index (κ1) is 18.6. The molecule has 136 valence electrons. The Hall–Kier alpha value is -1.76. The lowest BCUT2D eigenvalue weighted by atomic mass is 10.1. The summed E-state index contributed by atoms with van der Waals surface area (Å²) >= 11 is 0. The van der Waals surface area contributed by atoms with Crippen molar-refractivity contribution in [3.05, 3.63) is 11.6 Å². The van der Waals surface area contributed by atoms with Gasteiger partial charge >= 0.3 is 6.09 Å². The van der Waals surface area contributed by atoms with Crippen molar-refractivity contribution in [3.8, 4) is 0 Å². The highest BCUT2D eigenvalue weighted by atomic mass is 16.6. The van der Waals surface area contributed by atoms with E-state index in [-0.39, 0.29) is 6.09 Å². The fraction of sp³-hybridized carbons (Fsp3) is 0.765. The van der Waals surface area contributed by atoms with Crippen molar-refractivity contribution in [3.63, 3.8) is 0 Å². The van der Waals surface area contributed by atoms with E-state index in [1.54, 1.807) is 11.9 Å². The average Bonchev–Trinajstić information content (AvgIpc) is 2.62. The van der Waals surface area contributed by atoms with Crippen molar-refractivity contribution < 1.29 is 14.3 Å². The first-order chi connectivity index (χ1) is 11.7. The largest absolute Gasteiger partial charge is 0.450 e. The van der Waals surface area contributed by atoms with Crippen LogP contribution in [0, 0.1) is 0 Å². The van der Waals surface area contributed by atoms with Crippen LogP contribution < -0.4 is 10.6 Å². The molecule has 0 aromatic heterocycles. The molecular formula is C17H30N4O3. The fourth-order valence-corrected chi connectivity index (χ4v) is 2.94. The van der Waals surface area contributed by atoms with Gasteiger partial charge in [-0.05, 0) is 32.6 Å². The lowest BCUT2D eigenvalue weighted by Gasteiger charge is -2.32. The molecule has 1 fully saturated rings. The number of carbonyl (C=O) groups is 1. The second kappa shape index (κ2) is 10.2. The molecule has 0 unspecified atom stereocenters. The van der Waals surface area contributed by atoms with E-state index < -0.39 is 0 Å². The summed E-state index contributed by atoms with van der Waals surface area (Å²) in [5, 5.41) is 6.82. The minimum absolute atomic E-state index is 0.205. The molecule has 0 saturated carbocycles. The number of aliphatic imine (C=N–C) groups is 1.